The van der Waals surface area contributed by atoms with Crippen LogP contribution in [0.4, 0.5) is 5.69 Å². The summed E-state index contributed by atoms with van der Waals surface area (Å²) in [5.74, 6) is 0.154. The van der Waals surface area contributed by atoms with Gasteiger partial charge in [-0.05, 0) is 12.1 Å². The van der Waals surface area contributed by atoms with Gasteiger partial charge in [0.25, 0.3) is 0 Å². The van der Waals surface area contributed by atoms with Crippen molar-refractivity contribution in [3.8, 4) is 0 Å². The molecule has 1 heterocycles. The monoisotopic (exact) mass is 276 g/mol. The fourth-order valence-corrected chi connectivity index (χ4v) is 2.33. The molecule has 0 saturated heterocycles. The first kappa shape index (κ1) is 13.3. The topological polar surface area (TPSA) is 42.0 Å². The number of pyridine rings is 1. The van der Waals surface area contributed by atoms with E-state index in [0.717, 1.165) is 22.2 Å². The summed E-state index contributed by atoms with van der Waals surface area (Å²) in [7, 11) is 0. The smallest absolute Gasteiger partial charge is 0.164 e. The highest BCUT2D eigenvalue weighted by Gasteiger charge is 2.05. The van der Waals surface area contributed by atoms with Crippen LogP contribution in [0.15, 0.2) is 66.9 Å². The number of hydrogen-bond donors (Lipinski definition) is 1. The second-order valence-electron chi connectivity index (χ2n) is 4.84. The first-order chi connectivity index (χ1) is 10.3. The molecule has 1 N–H and O–H groups in total. The highest BCUT2D eigenvalue weighted by atomic mass is 16.1. The van der Waals surface area contributed by atoms with Crippen molar-refractivity contribution in [2.24, 2.45) is 0 Å². The van der Waals surface area contributed by atoms with E-state index in [1.807, 2.05) is 60.7 Å². The van der Waals surface area contributed by atoms with Crippen molar-refractivity contribution >= 4 is 22.4 Å². The molecule has 0 amide bonds. The Labute approximate surface area is 123 Å². The summed E-state index contributed by atoms with van der Waals surface area (Å²) >= 11 is 0. The second kappa shape index (κ2) is 6.18. The third kappa shape index (κ3) is 3.08. The number of rotatable bonds is 5. The summed E-state index contributed by atoms with van der Waals surface area (Å²) in [4.78, 5) is 16.4. The van der Waals surface area contributed by atoms with Gasteiger partial charge in [-0.3, -0.25) is 9.78 Å². The average Bonchev–Trinajstić information content (AvgIpc) is 2.56. The van der Waals surface area contributed by atoms with Crippen LogP contribution in [-0.2, 0) is 0 Å². The Morgan fingerprint density at radius 1 is 0.952 bits per heavy atom. The molecule has 2 aromatic carbocycles. The van der Waals surface area contributed by atoms with E-state index in [2.05, 4.69) is 10.3 Å². The van der Waals surface area contributed by atoms with Crippen LogP contribution in [0.5, 0.6) is 0 Å². The van der Waals surface area contributed by atoms with Gasteiger partial charge < -0.3 is 5.32 Å². The van der Waals surface area contributed by atoms with Crippen LogP contribution in [0.3, 0.4) is 0 Å². The Bertz CT molecular complexity index is 748. The fraction of sp³-hybridized carbons (Fsp3) is 0.111. The standard InChI is InChI=1S/C18H16N2O/c21-18(14-6-2-1-3-7-14)11-13-20-17-10-12-19-16-9-5-4-8-15(16)17/h1-10,12H,11,13H2,(H,19,20). The van der Waals surface area contributed by atoms with E-state index in [0.29, 0.717) is 13.0 Å². The summed E-state index contributed by atoms with van der Waals surface area (Å²) in [5.41, 5.74) is 2.73. The maximum Gasteiger partial charge on any atom is 0.164 e. The van der Waals surface area contributed by atoms with Crippen molar-refractivity contribution in [1.82, 2.24) is 4.98 Å². The Hall–Kier alpha value is -2.68. The normalized spacial score (nSPS) is 10.5. The fourth-order valence-electron chi connectivity index (χ4n) is 2.33. The molecule has 0 saturated carbocycles. The highest BCUT2D eigenvalue weighted by molar-refractivity contribution is 5.96. The minimum Gasteiger partial charge on any atom is -0.384 e. The Balaban J connectivity index is 1.66. The van der Waals surface area contributed by atoms with E-state index in [-0.39, 0.29) is 5.78 Å². The predicted octanol–water partition coefficient (Wildman–Crippen LogP) is 3.92. The number of para-hydroxylation sites is 1. The SMILES string of the molecule is O=C(CCNc1ccnc2ccccc12)c1ccccc1. The lowest BCUT2D eigenvalue weighted by Gasteiger charge is -2.09. The van der Waals surface area contributed by atoms with Crippen LogP contribution < -0.4 is 5.32 Å². The number of benzene rings is 2. The van der Waals surface area contributed by atoms with Crippen molar-refractivity contribution in [2.45, 2.75) is 6.42 Å². The van der Waals surface area contributed by atoms with Gasteiger partial charge in [0, 0.05) is 35.8 Å². The number of carbonyl (C=O) groups excluding carboxylic acids is 1. The van der Waals surface area contributed by atoms with Crippen molar-refractivity contribution in [2.75, 3.05) is 11.9 Å². The molecule has 3 heteroatoms. The van der Waals surface area contributed by atoms with Crippen LogP contribution in [0.1, 0.15) is 16.8 Å². The van der Waals surface area contributed by atoms with Gasteiger partial charge in [-0.1, -0.05) is 48.5 Å². The lowest BCUT2D eigenvalue weighted by molar-refractivity contribution is 0.0986. The van der Waals surface area contributed by atoms with E-state index >= 15 is 0 Å². The Morgan fingerprint density at radius 2 is 1.71 bits per heavy atom. The van der Waals surface area contributed by atoms with Gasteiger partial charge in [0.2, 0.25) is 0 Å². The zero-order chi connectivity index (χ0) is 14.5. The minimum absolute atomic E-state index is 0.154. The third-order valence-electron chi connectivity index (χ3n) is 3.41. The second-order valence-corrected chi connectivity index (χ2v) is 4.84. The molecule has 21 heavy (non-hydrogen) atoms. The number of fused-ring (bicyclic) bond motifs is 1. The van der Waals surface area contributed by atoms with Crippen LogP contribution in [0, 0.1) is 0 Å². The summed E-state index contributed by atoms with van der Waals surface area (Å²) < 4.78 is 0. The number of hydrogen-bond acceptors (Lipinski definition) is 3. The molecule has 1 aromatic heterocycles. The van der Waals surface area contributed by atoms with Crippen LogP contribution in [0.2, 0.25) is 0 Å². The number of anilines is 1. The molecule has 3 rings (SSSR count). The summed E-state index contributed by atoms with van der Waals surface area (Å²) in [6.45, 7) is 0.613. The van der Waals surface area contributed by atoms with Crippen molar-refractivity contribution in [3.05, 3.63) is 72.4 Å². The molecule has 0 aliphatic carbocycles. The Kier molecular flexibility index (Phi) is 3.92. The lowest BCUT2D eigenvalue weighted by Crippen LogP contribution is -2.09. The highest BCUT2D eigenvalue weighted by Crippen LogP contribution is 2.20. The molecular formula is C18H16N2O. The van der Waals surface area contributed by atoms with Gasteiger partial charge in [-0.25, -0.2) is 0 Å². The number of carbonyl (C=O) groups is 1. The van der Waals surface area contributed by atoms with Gasteiger partial charge in [0.05, 0.1) is 5.52 Å². The number of nitrogens with one attached hydrogen (secondary N) is 1. The third-order valence-corrected chi connectivity index (χ3v) is 3.41. The van der Waals surface area contributed by atoms with Crippen LogP contribution in [0.25, 0.3) is 10.9 Å². The van der Waals surface area contributed by atoms with Crippen molar-refractivity contribution in [1.29, 1.82) is 0 Å². The van der Waals surface area contributed by atoms with E-state index in [1.54, 1.807) is 6.20 Å². The van der Waals surface area contributed by atoms with Crippen molar-refractivity contribution in [3.63, 3.8) is 0 Å². The molecule has 3 nitrogen and oxygen atoms in total. The van der Waals surface area contributed by atoms with Crippen molar-refractivity contribution < 1.29 is 4.79 Å². The van der Waals surface area contributed by atoms with Gasteiger partial charge in [0.15, 0.2) is 5.78 Å². The number of nitrogens with zero attached hydrogens (tertiary/aromatic N) is 1. The molecule has 0 aliphatic rings. The minimum atomic E-state index is 0.154. The van der Waals surface area contributed by atoms with Gasteiger partial charge >= 0.3 is 0 Å². The average molecular weight is 276 g/mol. The van der Waals surface area contributed by atoms with E-state index < -0.39 is 0 Å². The van der Waals surface area contributed by atoms with Crippen LogP contribution in [-0.4, -0.2) is 17.3 Å². The first-order valence-corrected chi connectivity index (χ1v) is 7.00. The molecule has 0 fully saturated rings. The maximum atomic E-state index is 12.0. The lowest BCUT2D eigenvalue weighted by atomic mass is 10.1. The number of aromatic nitrogens is 1. The summed E-state index contributed by atoms with van der Waals surface area (Å²) in [6.07, 6.45) is 2.25. The molecule has 3 aromatic rings. The zero-order valence-electron chi connectivity index (χ0n) is 11.6. The molecule has 0 bridgehead atoms. The van der Waals surface area contributed by atoms with E-state index in [4.69, 9.17) is 0 Å². The number of ketones is 1. The summed E-state index contributed by atoms with van der Waals surface area (Å²) in [6, 6.07) is 19.3. The molecule has 0 spiro atoms. The Morgan fingerprint density at radius 3 is 2.57 bits per heavy atom. The molecule has 104 valence electrons. The predicted molar refractivity (Wildman–Crippen MR) is 85.6 cm³/mol. The van der Waals surface area contributed by atoms with Gasteiger partial charge in [-0.15, -0.1) is 0 Å². The van der Waals surface area contributed by atoms with Gasteiger partial charge in [-0.2, -0.15) is 0 Å². The quantitative estimate of drug-likeness (QED) is 0.718. The summed E-state index contributed by atoms with van der Waals surface area (Å²) in [5, 5.41) is 4.40. The molecule has 0 radical (unpaired) electrons. The molecule has 0 aliphatic heterocycles. The molecule has 0 atom stereocenters. The molecule has 0 unspecified atom stereocenters. The largest absolute Gasteiger partial charge is 0.384 e. The zero-order valence-corrected chi connectivity index (χ0v) is 11.6. The van der Waals surface area contributed by atoms with Gasteiger partial charge in [0.1, 0.15) is 0 Å². The first-order valence-electron chi connectivity index (χ1n) is 7.00. The van der Waals surface area contributed by atoms with E-state index in [1.165, 1.54) is 0 Å². The van der Waals surface area contributed by atoms with Crippen LogP contribution >= 0.6 is 0 Å². The van der Waals surface area contributed by atoms with E-state index in [9.17, 15) is 4.79 Å². The number of Topliss-reactive ketones (excluding diaryl/α,β-unsaturated/α-hetero) is 1. The maximum absolute atomic E-state index is 12.0. The molecular weight excluding hydrogens is 260 g/mol.